The number of benzene rings is 2. The Morgan fingerprint density at radius 3 is 2.58 bits per heavy atom. The normalized spacial score (nSPS) is 11.9. The van der Waals surface area contributed by atoms with Crippen LogP contribution < -0.4 is 10.1 Å². The number of aliphatic hydroxyl groups excluding tert-OH is 1. The van der Waals surface area contributed by atoms with Gasteiger partial charge in [0.15, 0.2) is 0 Å². The largest absolute Gasteiger partial charge is 0.492 e. The topological polar surface area (TPSA) is 93.3 Å². The molecule has 0 amide bonds. The van der Waals surface area contributed by atoms with Gasteiger partial charge in [-0.05, 0) is 35.9 Å². The number of rotatable bonds is 10. The second kappa shape index (κ2) is 10.5. The number of aromatic nitrogens is 3. The molecule has 0 aliphatic carbocycles. The summed E-state index contributed by atoms with van der Waals surface area (Å²) in [5.74, 6) is 1.88. The van der Waals surface area contributed by atoms with Crippen LogP contribution in [-0.4, -0.2) is 40.0 Å². The van der Waals surface area contributed by atoms with E-state index in [9.17, 15) is 5.11 Å². The molecule has 2 N–H and O–H groups in total. The van der Waals surface area contributed by atoms with Crippen LogP contribution >= 0.6 is 0 Å². The van der Waals surface area contributed by atoms with Crippen LogP contribution in [0.4, 0.5) is 0 Å². The molecule has 7 nitrogen and oxygen atoms in total. The Kier molecular flexibility index (Phi) is 7.00. The van der Waals surface area contributed by atoms with Crippen LogP contribution in [0.2, 0.25) is 0 Å². The van der Waals surface area contributed by atoms with Gasteiger partial charge in [-0.15, -0.1) is 10.2 Å². The van der Waals surface area contributed by atoms with Crippen LogP contribution in [0.1, 0.15) is 23.1 Å². The summed E-state index contributed by atoms with van der Waals surface area (Å²) in [6, 6.07) is 21.2. The maximum Gasteiger partial charge on any atom is 0.247 e. The summed E-state index contributed by atoms with van der Waals surface area (Å²) in [6.45, 7) is 1.58. The highest BCUT2D eigenvalue weighted by Gasteiger charge is 2.09. The molecule has 0 aliphatic rings. The molecule has 0 spiro atoms. The van der Waals surface area contributed by atoms with Crippen molar-refractivity contribution in [2.75, 3.05) is 19.7 Å². The lowest BCUT2D eigenvalue weighted by Gasteiger charge is -2.12. The number of hydrogen-bond donors (Lipinski definition) is 2. The molecule has 0 unspecified atom stereocenters. The van der Waals surface area contributed by atoms with E-state index in [1.807, 2.05) is 66.7 Å². The van der Waals surface area contributed by atoms with Crippen LogP contribution in [0.25, 0.3) is 11.5 Å². The van der Waals surface area contributed by atoms with Crippen molar-refractivity contribution in [1.29, 1.82) is 0 Å². The van der Waals surface area contributed by atoms with E-state index in [1.165, 1.54) is 0 Å². The molecule has 0 saturated heterocycles. The van der Waals surface area contributed by atoms with Crippen molar-refractivity contribution in [2.45, 2.75) is 12.5 Å². The summed E-state index contributed by atoms with van der Waals surface area (Å²) in [5, 5.41) is 21.5. The smallest absolute Gasteiger partial charge is 0.247 e. The number of hydrogen-bond acceptors (Lipinski definition) is 7. The van der Waals surface area contributed by atoms with E-state index in [1.54, 1.807) is 12.4 Å². The summed E-state index contributed by atoms with van der Waals surface area (Å²) < 4.78 is 11.5. The lowest BCUT2D eigenvalue weighted by molar-refractivity contribution is 0.171. The summed E-state index contributed by atoms with van der Waals surface area (Å²) >= 11 is 0. The third kappa shape index (κ3) is 5.97. The fraction of sp³-hybridized carbons (Fsp3) is 0.208. The summed E-state index contributed by atoms with van der Waals surface area (Å²) in [4.78, 5) is 4.01. The van der Waals surface area contributed by atoms with Crippen molar-refractivity contribution in [3.63, 3.8) is 0 Å². The molecule has 0 bridgehead atoms. The first-order valence-corrected chi connectivity index (χ1v) is 10.2. The molecule has 2 aromatic heterocycles. The number of ether oxygens (including phenoxy) is 1. The van der Waals surface area contributed by atoms with Gasteiger partial charge in [-0.1, -0.05) is 36.4 Å². The van der Waals surface area contributed by atoms with Crippen molar-refractivity contribution < 1.29 is 14.3 Å². The molecular weight excluding hydrogens is 392 g/mol. The van der Waals surface area contributed by atoms with E-state index < -0.39 is 6.10 Å². The first kappa shape index (κ1) is 20.7. The molecule has 4 rings (SSSR count). The fourth-order valence-corrected chi connectivity index (χ4v) is 3.07. The number of nitrogens with one attached hydrogen (secondary N) is 1. The Morgan fingerprint density at radius 2 is 1.81 bits per heavy atom. The fourth-order valence-electron chi connectivity index (χ4n) is 3.07. The Hall–Kier alpha value is -3.55. The predicted molar refractivity (Wildman–Crippen MR) is 117 cm³/mol. The lowest BCUT2D eigenvalue weighted by Crippen LogP contribution is -2.26. The second-order valence-electron chi connectivity index (χ2n) is 7.04. The number of pyridine rings is 1. The molecule has 0 saturated carbocycles. The first-order chi connectivity index (χ1) is 15.3. The predicted octanol–water partition coefficient (Wildman–Crippen LogP) is 3.42. The summed E-state index contributed by atoms with van der Waals surface area (Å²) in [6.07, 6.45) is 3.34. The molecule has 0 aliphatic heterocycles. The molecule has 0 fully saturated rings. The zero-order valence-electron chi connectivity index (χ0n) is 17.0. The minimum Gasteiger partial charge on any atom is -0.492 e. The highest BCUT2D eigenvalue weighted by Crippen LogP contribution is 2.19. The van der Waals surface area contributed by atoms with Crippen molar-refractivity contribution in [3.05, 3.63) is 96.1 Å². The van der Waals surface area contributed by atoms with Crippen LogP contribution in [0.5, 0.6) is 5.75 Å². The molecule has 4 aromatic rings. The van der Waals surface area contributed by atoms with Gasteiger partial charge in [-0.2, -0.15) is 0 Å². The van der Waals surface area contributed by atoms with E-state index in [-0.39, 0.29) is 0 Å². The third-order valence-corrected chi connectivity index (χ3v) is 4.72. The van der Waals surface area contributed by atoms with Gasteiger partial charge in [-0.25, -0.2) is 0 Å². The average Bonchev–Trinajstić information content (AvgIpc) is 3.29. The van der Waals surface area contributed by atoms with E-state index in [0.29, 0.717) is 37.9 Å². The summed E-state index contributed by atoms with van der Waals surface area (Å²) in [5.41, 5.74) is 2.77. The van der Waals surface area contributed by atoms with E-state index in [4.69, 9.17) is 9.15 Å². The lowest BCUT2D eigenvalue weighted by atomic mass is 10.1. The molecule has 31 heavy (non-hydrogen) atoms. The molecular formula is C24H24N4O3. The van der Waals surface area contributed by atoms with E-state index in [0.717, 1.165) is 22.4 Å². The van der Waals surface area contributed by atoms with E-state index in [2.05, 4.69) is 20.5 Å². The zero-order chi connectivity index (χ0) is 21.3. The van der Waals surface area contributed by atoms with Gasteiger partial charge in [0.05, 0.1) is 12.5 Å². The van der Waals surface area contributed by atoms with Crippen LogP contribution in [0, 0.1) is 0 Å². The first-order valence-electron chi connectivity index (χ1n) is 10.2. The average molecular weight is 416 g/mol. The summed E-state index contributed by atoms with van der Waals surface area (Å²) in [7, 11) is 0. The number of aliphatic hydroxyl groups is 1. The van der Waals surface area contributed by atoms with Crippen molar-refractivity contribution >= 4 is 0 Å². The Labute approximate surface area is 180 Å². The maximum absolute atomic E-state index is 10.1. The van der Waals surface area contributed by atoms with Gasteiger partial charge in [0.2, 0.25) is 11.8 Å². The van der Waals surface area contributed by atoms with Crippen molar-refractivity contribution in [3.8, 4) is 17.2 Å². The van der Waals surface area contributed by atoms with Crippen molar-refractivity contribution in [1.82, 2.24) is 20.5 Å². The Balaban J connectivity index is 1.20. The standard InChI is InChI=1S/C24H24N4O3/c29-22(20-7-4-12-25-16-20)17-26-13-14-30-21-10-8-18(9-11-21)15-23-27-28-24(31-23)19-5-2-1-3-6-19/h1-12,16,22,26,29H,13-15,17H2/t22-/m0/s1. The van der Waals surface area contributed by atoms with Crippen LogP contribution in [0.15, 0.2) is 83.5 Å². The molecule has 0 radical (unpaired) electrons. The van der Waals surface area contributed by atoms with Gasteiger partial charge in [-0.3, -0.25) is 4.98 Å². The van der Waals surface area contributed by atoms with Gasteiger partial charge in [0.1, 0.15) is 12.4 Å². The molecule has 158 valence electrons. The van der Waals surface area contributed by atoms with Gasteiger partial charge in [0.25, 0.3) is 0 Å². The molecule has 2 aromatic carbocycles. The van der Waals surface area contributed by atoms with Gasteiger partial charge >= 0.3 is 0 Å². The zero-order valence-corrected chi connectivity index (χ0v) is 17.0. The SMILES string of the molecule is O[C@@H](CNCCOc1ccc(Cc2nnc(-c3ccccc3)o2)cc1)c1cccnc1. The van der Waals surface area contributed by atoms with E-state index >= 15 is 0 Å². The third-order valence-electron chi connectivity index (χ3n) is 4.72. The highest BCUT2D eigenvalue weighted by atomic mass is 16.5. The quantitative estimate of drug-likeness (QED) is 0.383. The minimum atomic E-state index is -0.583. The van der Waals surface area contributed by atoms with Gasteiger partial charge in [0, 0.05) is 36.6 Å². The minimum absolute atomic E-state index is 0.448. The maximum atomic E-state index is 10.1. The van der Waals surface area contributed by atoms with Crippen LogP contribution in [0.3, 0.4) is 0 Å². The molecule has 7 heteroatoms. The number of nitrogens with zero attached hydrogens (tertiary/aromatic N) is 3. The highest BCUT2D eigenvalue weighted by molar-refractivity contribution is 5.51. The Bertz CT molecular complexity index is 1050. The Morgan fingerprint density at radius 1 is 0.968 bits per heavy atom. The molecule has 1 atom stereocenters. The monoisotopic (exact) mass is 416 g/mol. The second-order valence-corrected chi connectivity index (χ2v) is 7.04. The molecule has 2 heterocycles. The van der Waals surface area contributed by atoms with Gasteiger partial charge < -0.3 is 19.6 Å². The van der Waals surface area contributed by atoms with Crippen LogP contribution in [-0.2, 0) is 6.42 Å². The van der Waals surface area contributed by atoms with Crippen molar-refractivity contribution in [2.24, 2.45) is 0 Å².